The highest BCUT2D eigenvalue weighted by atomic mass is 79.9. The number of hydrogen-bond acceptors (Lipinski definition) is 1. The first-order valence-corrected chi connectivity index (χ1v) is 6.31. The Morgan fingerprint density at radius 3 is 2.67 bits per heavy atom. The molecule has 2 N–H and O–H groups in total. The van der Waals surface area contributed by atoms with E-state index in [0.717, 1.165) is 12.8 Å². The zero-order chi connectivity index (χ0) is 11.4. The molecule has 0 aliphatic rings. The third-order valence-electron chi connectivity index (χ3n) is 2.53. The van der Waals surface area contributed by atoms with Crippen LogP contribution in [0.5, 0.6) is 0 Å². The minimum Gasteiger partial charge on any atom is -0.393 e. The molecule has 0 aliphatic carbocycles. The maximum Gasteiger partial charge on any atom is 0.0733 e. The third-order valence-corrected chi connectivity index (χ3v) is 3.44. The molecule has 0 aromatic heterocycles. The molecule has 82 valence electrons. The van der Waals surface area contributed by atoms with Gasteiger partial charge in [-0.05, 0) is 29.5 Å². The minimum atomic E-state index is 0.393. The van der Waals surface area contributed by atoms with Gasteiger partial charge in [0.05, 0.1) is 4.99 Å². The summed E-state index contributed by atoms with van der Waals surface area (Å²) in [6.07, 6.45) is 1.82. The Morgan fingerprint density at radius 2 is 2.20 bits per heavy atom. The monoisotopic (exact) mass is 285 g/mol. The van der Waals surface area contributed by atoms with Gasteiger partial charge >= 0.3 is 0 Å². The van der Waals surface area contributed by atoms with E-state index in [4.69, 9.17) is 18.0 Å². The lowest BCUT2D eigenvalue weighted by Crippen LogP contribution is -2.11. The molecule has 15 heavy (non-hydrogen) atoms. The second-order valence-electron chi connectivity index (χ2n) is 3.78. The third kappa shape index (κ3) is 3.58. The summed E-state index contributed by atoms with van der Waals surface area (Å²) in [5.74, 6) is 0.393. The Bertz CT molecular complexity index is 363. The quantitative estimate of drug-likeness (QED) is 0.852. The number of aryl methyl sites for hydroxylation is 1. The first-order valence-electron chi connectivity index (χ1n) is 5.11. The van der Waals surface area contributed by atoms with E-state index in [-0.39, 0.29) is 0 Å². The molecule has 0 fully saturated rings. The molecule has 0 radical (unpaired) electrons. The average molecular weight is 286 g/mol. The predicted octanol–water partition coefficient (Wildman–Crippen LogP) is 3.79. The number of halogens is 1. The van der Waals surface area contributed by atoms with E-state index in [9.17, 15) is 0 Å². The van der Waals surface area contributed by atoms with E-state index >= 15 is 0 Å². The standard InChI is InChI=1S/C12H16BrNS/c1-3-9-4-5-10(7-11(9)13)8(2)6-12(14)15/h4-5,7-8H,3,6H2,1-2H3,(H2,14,15). The van der Waals surface area contributed by atoms with Crippen molar-refractivity contribution in [3.05, 3.63) is 33.8 Å². The summed E-state index contributed by atoms with van der Waals surface area (Å²) >= 11 is 8.50. The number of nitrogens with two attached hydrogens (primary N) is 1. The van der Waals surface area contributed by atoms with Crippen LogP contribution >= 0.6 is 28.1 Å². The second-order valence-corrected chi connectivity index (χ2v) is 5.15. The van der Waals surface area contributed by atoms with Crippen molar-refractivity contribution in [2.75, 3.05) is 0 Å². The molecule has 1 aromatic carbocycles. The van der Waals surface area contributed by atoms with Crippen LogP contribution < -0.4 is 5.73 Å². The van der Waals surface area contributed by atoms with Crippen molar-refractivity contribution in [3.63, 3.8) is 0 Å². The predicted molar refractivity (Wildman–Crippen MR) is 73.3 cm³/mol. The van der Waals surface area contributed by atoms with Gasteiger partial charge in [0.25, 0.3) is 0 Å². The number of hydrogen-bond donors (Lipinski definition) is 1. The molecule has 1 rings (SSSR count). The molecule has 0 heterocycles. The van der Waals surface area contributed by atoms with Gasteiger partial charge in [0.15, 0.2) is 0 Å². The lowest BCUT2D eigenvalue weighted by molar-refractivity contribution is 0.805. The van der Waals surface area contributed by atoms with Crippen LogP contribution in [0.2, 0.25) is 0 Å². The van der Waals surface area contributed by atoms with Gasteiger partial charge in [0.2, 0.25) is 0 Å². The number of rotatable bonds is 4. The Morgan fingerprint density at radius 1 is 1.53 bits per heavy atom. The van der Waals surface area contributed by atoms with Crippen molar-refractivity contribution in [2.45, 2.75) is 32.6 Å². The summed E-state index contributed by atoms with van der Waals surface area (Å²) in [6.45, 7) is 4.30. The van der Waals surface area contributed by atoms with Crippen LogP contribution in [0.4, 0.5) is 0 Å². The van der Waals surface area contributed by atoms with E-state index in [0.29, 0.717) is 10.9 Å². The molecule has 1 unspecified atom stereocenters. The van der Waals surface area contributed by atoms with Gasteiger partial charge in [-0.3, -0.25) is 0 Å². The average Bonchev–Trinajstić information content (AvgIpc) is 2.16. The van der Waals surface area contributed by atoms with Crippen molar-refractivity contribution in [3.8, 4) is 0 Å². The Labute approximate surface area is 105 Å². The molecule has 3 heteroatoms. The zero-order valence-electron chi connectivity index (χ0n) is 9.09. The number of thiocarbonyl (C=S) groups is 1. The van der Waals surface area contributed by atoms with Gasteiger partial charge in [0.1, 0.15) is 0 Å². The van der Waals surface area contributed by atoms with E-state index < -0.39 is 0 Å². The van der Waals surface area contributed by atoms with E-state index in [1.807, 2.05) is 0 Å². The minimum absolute atomic E-state index is 0.393. The maximum atomic E-state index is 5.54. The molecule has 0 saturated carbocycles. The molecule has 0 bridgehead atoms. The van der Waals surface area contributed by atoms with Gasteiger partial charge < -0.3 is 5.73 Å². The molecule has 0 saturated heterocycles. The molecule has 1 atom stereocenters. The van der Waals surface area contributed by atoms with Crippen LogP contribution in [0, 0.1) is 0 Å². The van der Waals surface area contributed by atoms with Crippen LogP contribution in [-0.2, 0) is 6.42 Å². The zero-order valence-corrected chi connectivity index (χ0v) is 11.5. The van der Waals surface area contributed by atoms with E-state index in [1.54, 1.807) is 0 Å². The van der Waals surface area contributed by atoms with Crippen molar-refractivity contribution >= 4 is 33.1 Å². The van der Waals surface area contributed by atoms with Crippen molar-refractivity contribution in [2.24, 2.45) is 5.73 Å². The molecule has 1 nitrogen and oxygen atoms in total. The fourth-order valence-corrected chi connectivity index (χ4v) is 2.50. The fourth-order valence-electron chi connectivity index (χ4n) is 1.58. The van der Waals surface area contributed by atoms with Gasteiger partial charge in [-0.2, -0.15) is 0 Å². The lowest BCUT2D eigenvalue weighted by Gasteiger charge is -2.12. The summed E-state index contributed by atoms with van der Waals surface area (Å²) < 4.78 is 1.18. The van der Waals surface area contributed by atoms with Crippen LogP contribution in [0.25, 0.3) is 0 Å². The molecular weight excluding hydrogens is 270 g/mol. The molecular formula is C12H16BrNS. The SMILES string of the molecule is CCc1ccc(C(C)CC(N)=S)cc1Br. The highest BCUT2D eigenvalue weighted by Gasteiger charge is 2.08. The van der Waals surface area contributed by atoms with Crippen molar-refractivity contribution < 1.29 is 0 Å². The summed E-state index contributed by atoms with van der Waals surface area (Å²) in [6, 6.07) is 6.49. The fraction of sp³-hybridized carbons (Fsp3) is 0.417. The summed E-state index contributed by atoms with van der Waals surface area (Å²) in [5, 5.41) is 0. The first-order chi connectivity index (χ1) is 7.04. The second kappa shape index (κ2) is 5.61. The molecule has 0 amide bonds. The summed E-state index contributed by atoms with van der Waals surface area (Å²) in [7, 11) is 0. The van der Waals surface area contributed by atoms with E-state index in [1.165, 1.54) is 15.6 Å². The first kappa shape index (κ1) is 12.7. The van der Waals surface area contributed by atoms with Crippen molar-refractivity contribution in [1.29, 1.82) is 0 Å². The van der Waals surface area contributed by atoms with Crippen molar-refractivity contribution in [1.82, 2.24) is 0 Å². The van der Waals surface area contributed by atoms with Gasteiger partial charge in [-0.1, -0.05) is 54.1 Å². The van der Waals surface area contributed by atoms with Crippen LogP contribution in [0.1, 0.15) is 37.3 Å². The largest absolute Gasteiger partial charge is 0.393 e. The lowest BCUT2D eigenvalue weighted by atomic mass is 9.96. The summed E-state index contributed by atoms with van der Waals surface area (Å²) in [4.78, 5) is 0.582. The normalized spacial score (nSPS) is 12.5. The Hall–Kier alpha value is -0.410. The topological polar surface area (TPSA) is 26.0 Å². The van der Waals surface area contributed by atoms with Crippen LogP contribution in [0.3, 0.4) is 0 Å². The Balaban J connectivity index is 2.87. The highest BCUT2D eigenvalue weighted by Crippen LogP contribution is 2.25. The molecule has 1 aromatic rings. The van der Waals surface area contributed by atoms with E-state index in [2.05, 4.69) is 48.0 Å². The molecule has 0 aliphatic heterocycles. The molecule has 0 spiro atoms. The van der Waals surface area contributed by atoms with Gasteiger partial charge in [0, 0.05) is 10.9 Å². The number of benzene rings is 1. The van der Waals surface area contributed by atoms with Gasteiger partial charge in [-0.15, -0.1) is 0 Å². The summed E-state index contributed by atoms with van der Waals surface area (Å²) in [5.41, 5.74) is 8.16. The smallest absolute Gasteiger partial charge is 0.0733 e. The Kier molecular flexibility index (Phi) is 4.74. The highest BCUT2D eigenvalue weighted by molar-refractivity contribution is 9.10. The maximum absolute atomic E-state index is 5.54. The van der Waals surface area contributed by atoms with Gasteiger partial charge in [-0.25, -0.2) is 0 Å². The van der Waals surface area contributed by atoms with Crippen LogP contribution in [0.15, 0.2) is 22.7 Å². The van der Waals surface area contributed by atoms with Crippen LogP contribution in [-0.4, -0.2) is 4.99 Å².